The van der Waals surface area contributed by atoms with E-state index in [1.54, 1.807) is 16.8 Å². The van der Waals surface area contributed by atoms with Crippen LogP contribution in [0.1, 0.15) is 50.2 Å². The molecule has 1 saturated heterocycles. The molecule has 2 fully saturated rings. The highest BCUT2D eigenvalue weighted by molar-refractivity contribution is 6.07. The molecule has 0 bridgehead atoms. The molecular formula is C29H32N4O3. The van der Waals surface area contributed by atoms with Gasteiger partial charge in [0.15, 0.2) is 0 Å². The summed E-state index contributed by atoms with van der Waals surface area (Å²) in [6.45, 7) is 4.19. The van der Waals surface area contributed by atoms with E-state index < -0.39 is 17.5 Å². The molecule has 1 N–H and O–H groups in total. The summed E-state index contributed by atoms with van der Waals surface area (Å²) in [5.41, 5.74) is 1.78. The van der Waals surface area contributed by atoms with Gasteiger partial charge in [-0.15, -0.1) is 0 Å². The molecule has 3 amide bonds. The Morgan fingerprint density at radius 3 is 2.56 bits per heavy atom. The molecule has 7 heteroatoms. The van der Waals surface area contributed by atoms with E-state index in [2.05, 4.69) is 11.4 Å². The number of hydrogen-bond acceptors (Lipinski definition) is 4. The van der Waals surface area contributed by atoms with Crippen molar-refractivity contribution in [3.8, 4) is 6.07 Å². The molecule has 2 aromatic rings. The number of rotatable bonds is 6. The molecule has 1 spiro atoms. The minimum absolute atomic E-state index is 0.0331. The predicted octanol–water partition coefficient (Wildman–Crippen LogP) is 3.68. The quantitative estimate of drug-likeness (QED) is 0.677. The van der Waals surface area contributed by atoms with Crippen molar-refractivity contribution in [3.05, 3.63) is 65.7 Å². The molecule has 186 valence electrons. The fourth-order valence-corrected chi connectivity index (χ4v) is 6.00. The van der Waals surface area contributed by atoms with Crippen LogP contribution in [0.4, 0.5) is 5.69 Å². The van der Waals surface area contributed by atoms with Crippen LogP contribution < -0.4 is 5.32 Å². The smallest absolute Gasteiger partial charge is 0.246 e. The maximum atomic E-state index is 14.0. The highest BCUT2D eigenvalue weighted by Crippen LogP contribution is 2.49. The average Bonchev–Trinajstić information content (AvgIpc) is 3.52. The summed E-state index contributed by atoms with van der Waals surface area (Å²) in [5.74, 6) is -0.245. The number of fused-ring (bicyclic) bond motifs is 2. The lowest BCUT2D eigenvalue weighted by atomic mass is 9.80. The van der Waals surface area contributed by atoms with Crippen LogP contribution in [0.2, 0.25) is 0 Å². The van der Waals surface area contributed by atoms with Crippen LogP contribution in [0, 0.1) is 23.2 Å². The lowest BCUT2D eigenvalue weighted by Gasteiger charge is -2.33. The molecule has 1 aliphatic carbocycles. The van der Waals surface area contributed by atoms with E-state index in [1.807, 2.05) is 68.4 Å². The Morgan fingerprint density at radius 1 is 1.17 bits per heavy atom. The predicted molar refractivity (Wildman–Crippen MR) is 136 cm³/mol. The maximum Gasteiger partial charge on any atom is 0.246 e. The molecule has 0 unspecified atom stereocenters. The molecule has 36 heavy (non-hydrogen) atoms. The topological polar surface area (TPSA) is 93.5 Å². The number of nitrogens with one attached hydrogen (secondary N) is 1. The Morgan fingerprint density at radius 2 is 1.86 bits per heavy atom. The van der Waals surface area contributed by atoms with E-state index in [0.717, 1.165) is 23.2 Å². The Hall–Kier alpha value is -3.66. The zero-order chi connectivity index (χ0) is 25.6. The molecule has 2 aliphatic heterocycles. The van der Waals surface area contributed by atoms with Crippen molar-refractivity contribution in [1.82, 2.24) is 9.80 Å². The summed E-state index contributed by atoms with van der Waals surface area (Å²) in [5, 5.41) is 12.9. The first-order valence-electron chi connectivity index (χ1n) is 12.7. The van der Waals surface area contributed by atoms with Gasteiger partial charge in [0.05, 0.1) is 11.5 Å². The van der Waals surface area contributed by atoms with Crippen LogP contribution in [0.25, 0.3) is 0 Å². The van der Waals surface area contributed by atoms with E-state index in [4.69, 9.17) is 0 Å². The van der Waals surface area contributed by atoms with E-state index in [1.165, 1.54) is 0 Å². The highest BCUT2D eigenvalue weighted by Gasteiger charge is 2.57. The van der Waals surface area contributed by atoms with Gasteiger partial charge >= 0.3 is 0 Å². The number of amides is 3. The van der Waals surface area contributed by atoms with E-state index in [-0.39, 0.29) is 48.4 Å². The summed E-state index contributed by atoms with van der Waals surface area (Å²) in [4.78, 5) is 43.7. The zero-order valence-corrected chi connectivity index (χ0v) is 21.0. The van der Waals surface area contributed by atoms with Crippen molar-refractivity contribution >= 4 is 23.4 Å². The average molecular weight is 485 g/mol. The van der Waals surface area contributed by atoms with Crippen molar-refractivity contribution in [2.24, 2.45) is 11.8 Å². The van der Waals surface area contributed by atoms with E-state index in [0.29, 0.717) is 6.42 Å². The Bertz CT molecular complexity index is 1240. The lowest BCUT2D eigenvalue weighted by Crippen LogP contribution is -2.52. The molecule has 5 atom stereocenters. The van der Waals surface area contributed by atoms with E-state index in [9.17, 15) is 19.6 Å². The number of para-hydroxylation sites is 1. The second-order valence-electron chi connectivity index (χ2n) is 10.9. The van der Waals surface area contributed by atoms with Gasteiger partial charge in [-0.05, 0) is 41.9 Å². The van der Waals surface area contributed by atoms with Crippen LogP contribution >= 0.6 is 0 Å². The summed E-state index contributed by atoms with van der Waals surface area (Å²) < 4.78 is 0. The number of nitrogens with zero attached hydrogens (tertiary/aromatic N) is 3. The first-order chi connectivity index (χ1) is 17.3. The van der Waals surface area contributed by atoms with E-state index >= 15 is 0 Å². The van der Waals surface area contributed by atoms with Gasteiger partial charge in [-0.25, -0.2) is 0 Å². The van der Waals surface area contributed by atoms with Gasteiger partial charge in [0.25, 0.3) is 0 Å². The third-order valence-corrected chi connectivity index (χ3v) is 8.05. The number of likely N-dealkylation sites (tertiary alicyclic amines) is 1. The molecule has 7 nitrogen and oxygen atoms in total. The summed E-state index contributed by atoms with van der Waals surface area (Å²) >= 11 is 0. The van der Waals surface area contributed by atoms with Crippen LogP contribution in [0.3, 0.4) is 0 Å². The SMILES string of the molecule is CC(C)C[C@@H](C(=O)N1C[C@]2(C[C@H]1C#N)C(=O)Nc1ccccc12)N(C)C(=O)[C@@H]1C[C@H]1c1ccccc1. The maximum absolute atomic E-state index is 14.0. The fourth-order valence-electron chi connectivity index (χ4n) is 6.00. The zero-order valence-electron chi connectivity index (χ0n) is 21.0. The fraction of sp³-hybridized carbons (Fsp3) is 0.448. The second kappa shape index (κ2) is 9.09. The molecule has 2 heterocycles. The molecular weight excluding hydrogens is 452 g/mol. The second-order valence-corrected chi connectivity index (χ2v) is 10.9. The minimum Gasteiger partial charge on any atom is -0.333 e. The molecule has 1 saturated carbocycles. The van der Waals surface area contributed by atoms with Crippen LogP contribution in [0.5, 0.6) is 0 Å². The first kappa shape index (κ1) is 24.1. The number of carbonyl (C=O) groups excluding carboxylic acids is 3. The lowest BCUT2D eigenvalue weighted by molar-refractivity contribution is -0.146. The van der Waals surface area contributed by atoms with Crippen molar-refractivity contribution in [2.45, 2.75) is 56.5 Å². The number of carbonyl (C=O) groups is 3. The van der Waals surface area contributed by atoms with Crippen LogP contribution in [-0.4, -0.2) is 53.2 Å². The first-order valence-corrected chi connectivity index (χ1v) is 12.7. The van der Waals surface area contributed by atoms with Gasteiger partial charge in [0.2, 0.25) is 17.7 Å². The Kier molecular flexibility index (Phi) is 6.07. The Labute approximate surface area is 212 Å². The van der Waals surface area contributed by atoms with Crippen molar-refractivity contribution < 1.29 is 14.4 Å². The Balaban J connectivity index is 1.39. The molecule has 0 aromatic heterocycles. The highest BCUT2D eigenvalue weighted by atomic mass is 16.2. The van der Waals surface area contributed by atoms with Crippen LogP contribution in [-0.2, 0) is 19.8 Å². The standard InChI is InChI=1S/C29H32N4O3/c1-18(2)13-25(32(3)26(34)22-14-21(22)19-9-5-4-6-10-19)27(35)33-17-29(15-20(33)16-30)23-11-7-8-12-24(23)31-28(29)36/h4-12,18,20-22,25H,13-15,17H2,1-3H3,(H,31,36)/t20-,21-,22+,25-,29-/m0/s1. The van der Waals surface area contributed by atoms with Gasteiger partial charge in [0, 0.05) is 31.6 Å². The summed E-state index contributed by atoms with van der Waals surface area (Å²) in [6.07, 6.45) is 1.53. The number of nitriles is 1. The van der Waals surface area contributed by atoms with Gasteiger partial charge in [-0.2, -0.15) is 5.26 Å². The van der Waals surface area contributed by atoms with Gasteiger partial charge in [0.1, 0.15) is 12.1 Å². The van der Waals surface area contributed by atoms with Crippen molar-refractivity contribution in [2.75, 3.05) is 18.9 Å². The summed E-state index contributed by atoms with van der Waals surface area (Å²) in [7, 11) is 1.71. The summed E-state index contributed by atoms with van der Waals surface area (Å²) in [6, 6.07) is 18.3. The third kappa shape index (κ3) is 3.95. The number of hydrogen-bond donors (Lipinski definition) is 1. The van der Waals surface area contributed by atoms with Crippen molar-refractivity contribution in [1.29, 1.82) is 5.26 Å². The van der Waals surface area contributed by atoms with Gasteiger partial charge in [-0.1, -0.05) is 62.4 Å². The van der Waals surface area contributed by atoms with Crippen LogP contribution in [0.15, 0.2) is 54.6 Å². The molecule has 3 aliphatic rings. The minimum atomic E-state index is -0.938. The normalized spacial score (nSPS) is 26.9. The molecule has 5 rings (SSSR count). The number of likely N-dealkylation sites (N-methyl/N-ethyl adjacent to an activating group) is 1. The van der Waals surface area contributed by atoms with Gasteiger partial charge in [-0.3, -0.25) is 14.4 Å². The number of benzene rings is 2. The number of anilines is 1. The third-order valence-electron chi connectivity index (χ3n) is 8.05. The van der Waals surface area contributed by atoms with Crippen molar-refractivity contribution in [3.63, 3.8) is 0 Å². The molecule has 2 aromatic carbocycles. The largest absolute Gasteiger partial charge is 0.333 e. The monoisotopic (exact) mass is 484 g/mol. The molecule has 0 radical (unpaired) electrons. The van der Waals surface area contributed by atoms with Gasteiger partial charge < -0.3 is 15.1 Å².